The lowest BCUT2D eigenvalue weighted by molar-refractivity contribution is -0.147. The van der Waals surface area contributed by atoms with Gasteiger partial charge in [-0.15, -0.1) is 0 Å². The van der Waals surface area contributed by atoms with Gasteiger partial charge in [0, 0.05) is 12.6 Å². The number of hydrogen-bond donors (Lipinski definition) is 1. The molecule has 34 heavy (non-hydrogen) atoms. The molecule has 3 heterocycles. The Balaban J connectivity index is 1.70. The van der Waals surface area contributed by atoms with Crippen molar-refractivity contribution in [2.45, 2.75) is 45.8 Å². The molecule has 0 aliphatic rings. The Morgan fingerprint density at radius 1 is 1.18 bits per heavy atom. The molecule has 0 unspecified atom stereocenters. The van der Waals surface area contributed by atoms with Gasteiger partial charge < -0.3 is 9.47 Å². The Bertz CT molecular complexity index is 1190. The van der Waals surface area contributed by atoms with E-state index in [2.05, 4.69) is 25.4 Å². The molecule has 0 saturated heterocycles. The number of rotatable bonds is 6. The SMILES string of the molecule is C[C@@H](OC(=O)Cc1c(-c2ncc(NC(=O)OC(C)(C)C)cn2)cnn1C)c1cc(F)cnc1Cl. The van der Waals surface area contributed by atoms with Crippen molar-refractivity contribution in [1.29, 1.82) is 0 Å². The number of ether oxygens (including phenoxy) is 2. The summed E-state index contributed by atoms with van der Waals surface area (Å²) in [6, 6.07) is 1.17. The minimum Gasteiger partial charge on any atom is -0.457 e. The van der Waals surface area contributed by atoms with Gasteiger partial charge in [0.05, 0.1) is 48.2 Å². The van der Waals surface area contributed by atoms with Gasteiger partial charge in [-0.1, -0.05) is 11.6 Å². The number of aryl methyl sites for hydroxylation is 1. The van der Waals surface area contributed by atoms with E-state index < -0.39 is 29.6 Å². The topological polar surface area (TPSA) is 121 Å². The Labute approximate surface area is 200 Å². The maximum atomic E-state index is 13.5. The van der Waals surface area contributed by atoms with Crippen LogP contribution in [0.2, 0.25) is 5.15 Å². The van der Waals surface area contributed by atoms with E-state index in [0.717, 1.165) is 6.20 Å². The van der Waals surface area contributed by atoms with Crippen LogP contribution in [0.3, 0.4) is 0 Å². The minimum atomic E-state index is -0.811. The van der Waals surface area contributed by atoms with Gasteiger partial charge >= 0.3 is 12.1 Å². The first-order valence-corrected chi connectivity index (χ1v) is 10.6. The monoisotopic (exact) mass is 490 g/mol. The highest BCUT2D eigenvalue weighted by atomic mass is 35.5. The fraction of sp³-hybridized carbons (Fsp3) is 0.364. The predicted octanol–water partition coefficient (Wildman–Crippen LogP) is 4.26. The lowest BCUT2D eigenvalue weighted by atomic mass is 10.1. The summed E-state index contributed by atoms with van der Waals surface area (Å²) < 4.78 is 25.6. The van der Waals surface area contributed by atoms with Crippen LogP contribution >= 0.6 is 11.6 Å². The van der Waals surface area contributed by atoms with Gasteiger partial charge in [-0.05, 0) is 33.8 Å². The van der Waals surface area contributed by atoms with E-state index in [1.165, 1.54) is 29.3 Å². The summed E-state index contributed by atoms with van der Waals surface area (Å²) in [5.41, 5.74) is 0.988. The number of carbonyl (C=O) groups excluding carboxylic acids is 2. The number of carbonyl (C=O) groups is 2. The Kier molecular flexibility index (Phi) is 7.45. The normalized spacial score (nSPS) is 12.2. The van der Waals surface area contributed by atoms with Crippen molar-refractivity contribution in [2.75, 3.05) is 5.32 Å². The third-order valence-corrected chi connectivity index (χ3v) is 4.81. The molecule has 1 N–H and O–H groups in total. The van der Waals surface area contributed by atoms with Gasteiger partial charge in [0.1, 0.15) is 22.7 Å². The van der Waals surface area contributed by atoms with Crippen LogP contribution in [-0.4, -0.2) is 42.4 Å². The number of amides is 1. The maximum absolute atomic E-state index is 13.5. The van der Waals surface area contributed by atoms with Gasteiger partial charge in [0.25, 0.3) is 0 Å². The molecule has 180 valence electrons. The van der Waals surface area contributed by atoms with Crippen LogP contribution in [0.1, 0.15) is 45.1 Å². The first kappa shape index (κ1) is 25.0. The van der Waals surface area contributed by atoms with Crippen LogP contribution in [-0.2, 0) is 27.7 Å². The van der Waals surface area contributed by atoms with Crippen LogP contribution in [0.5, 0.6) is 0 Å². The third-order valence-electron chi connectivity index (χ3n) is 4.49. The summed E-state index contributed by atoms with van der Waals surface area (Å²) in [4.78, 5) is 36.7. The molecule has 3 rings (SSSR count). The largest absolute Gasteiger partial charge is 0.457 e. The van der Waals surface area contributed by atoms with Crippen LogP contribution < -0.4 is 5.32 Å². The highest BCUT2D eigenvalue weighted by molar-refractivity contribution is 6.30. The van der Waals surface area contributed by atoms with Crippen LogP contribution in [0.25, 0.3) is 11.4 Å². The quantitative estimate of drug-likeness (QED) is 0.402. The number of halogens is 2. The van der Waals surface area contributed by atoms with Crippen molar-refractivity contribution in [2.24, 2.45) is 7.05 Å². The second-order valence-corrected chi connectivity index (χ2v) is 8.75. The Morgan fingerprint density at radius 3 is 2.50 bits per heavy atom. The first-order chi connectivity index (χ1) is 15.9. The lowest BCUT2D eigenvalue weighted by Gasteiger charge is -2.19. The van der Waals surface area contributed by atoms with Crippen LogP contribution in [0.4, 0.5) is 14.9 Å². The molecule has 10 nitrogen and oxygen atoms in total. The molecule has 0 aromatic carbocycles. The molecule has 1 atom stereocenters. The Morgan fingerprint density at radius 2 is 1.85 bits per heavy atom. The zero-order chi connectivity index (χ0) is 25.0. The average molecular weight is 491 g/mol. The number of aromatic nitrogens is 5. The molecule has 0 spiro atoms. The van der Waals surface area contributed by atoms with Crippen LogP contribution in [0.15, 0.2) is 30.9 Å². The van der Waals surface area contributed by atoms with Gasteiger partial charge in [0.2, 0.25) is 0 Å². The van der Waals surface area contributed by atoms with Crippen molar-refractivity contribution >= 4 is 29.4 Å². The van der Waals surface area contributed by atoms with E-state index in [0.29, 0.717) is 22.8 Å². The van der Waals surface area contributed by atoms with Gasteiger partial charge in [-0.25, -0.2) is 24.1 Å². The summed E-state index contributed by atoms with van der Waals surface area (Å²) in [6.45, 7) is 6.84. The fourth-order valence-electron chi connectivity index (χ4n) is 2.97. The molecule has 12 heteroatoms. The van der Waals surface area contributed by atoms with E-state index in [4.69, 9.17) is 21.1 Å². The Hall–Kier alpha value is -3.60. The molecule has 1 amide bonds. The molecule has 0 aliphatic carbocycles. The van der Waals surface area contributed by atoms with E-state index in [1.807, 2.05) is 0 Å². The zero-order valence-corrected chi connectivity index (χ0v) is 20.1. The molecule has 0 radical (unpaired) electrons. The van der Waals surface area contributed by atoms with Crippen molar-refractivity contribution in [3.63, 3.8) is 0 Å². The highest BCUT2D eigenvalue weighted by Gasteiger charge is 2.21. The zero-order valence-electron chi connectivity index (χ0n) is 19.3. The summed E-state index contributed by atoms with van der Waals surface area (Å²) in [5.74, 6) is -0.866. The van der Waals surface area contributed by atoms with E-state index in [1.54, 1.807) is 34.7 Å². The number of hydrogen-bond acceptors (Lipinski definition) is 8. The minimum absolute atomic E-state index is 0.0522. The maximum Gasteiger partial charge on any atom is 0.412 e. The molecule has 0 fully saturated rings. The van der Waals surface area contributed by atoms with Gasteiger partial charge in [-0.2, -0.15) is 5.10 Å². The first-order valence-electron chi connectivity index (χ1n) is 10.3. The second kappa shape index (κ2) is 10.1. The highest BCUT2D eigenvalue weighted by Crippen LogP contribution is 2.26. The standard InChI is InChI=1S/C22H24ClFN6O4/c1-12(15-6-13(24)8-25-19(15)23)33-18(31)7-17-16(11-28-30(17)5)20-26-9-14(10-27-20)29-21(32)34-22(2,3)4/h6,8-12H,7H2,1-5H3,(H,29,32)/t12-/m1/s1. The molecule has 0 aliphatic heterocycles. The van der Waals surface area contributed by atoms with Crippen molar-refractivity contribution in [3.8, 4) is 11.4 Å². The summed E-state index contributed by atoms with van der Waals surface area (Å²) in [7, 11) is 1.67. The van der Waals surface area contributed by atoms with E-state index in [-0.39, 0.29) is 17.1 Å². The lowest BCUT2D eigenvalue weighted by Crippen LogP contribution is -2.27. The molecular formula is C22H24ClFN6O4. The van der Waals surface area contributed by atoms with Crippen molar-refractivity contribution < 1.29 is 23.5 Å². The molecule has 3 aromatic heterocycles. The number of nitrogens with one attached hydrogen (secondary N) is 1. The second-order valence-electron chi connectivity index (χ2n) is 8.39. The third kappa shape index (κ3) is 6.47. The predicted molar refractivity (Wildman–Crippen MR) is 122 cm³/mol. The molecular weight excluding hydrogens is 467 g/mol. The van der Waals surface area contributed by atoms with E-state index >= 15 is 0 Å². The average Bonchev–Trinajstić information content (AvgIpc) is 3.09. The number of nitrogens with zero attached hydrogens (tertiary/aromatic N) is 5. The summed E-state index contributed by atoms with van der Waals surface area (Å²) >= 11 is 5.99. The molecule has 3 aromatic rings. The fourth-order valence-corrected chi connectivity index (χ4v) is 3.23. The summed E-state index contributed by atoms with van der Waals surface area (Å²) in [6.07, 6.45) is 3.76. The number of pyridine rings is 1. The number of esters is 1. The molecule has 0 saturated carbocycles. The van der Waals surface area contributed by atoms with Gasteiger partial charge in [0.15, 0.2) is 5.82 Å². The number of anilines is 1. The smallest absolute Gasteiger partial charge is 0.412 e. The van der Waals surface area contributed by atoms with Crippen molar-refractivity contribution in [1.82, 2.24) is 24.7 Å². The van der Waals surface area contributed by atoms with Gasteiger partial charge in [-0.3, -0.25) is 14.8 Å². The van der Waals surface area contributed by atoms with Crippen molar-refractivity contribution in [3.05, 3.63) is 53.1 Å². The van der Waals surface area contributed by atoms with Crippen LogP contribution in [0, 0.1) is 5.82 Å². The van der Waals surface area contributed by atoms with E-state index in [9.17, 15) is 14.0 Å². The molecule has 0 bridgehead atoms. The summed E-state index contributed by atoms with van der Waals surface area (Å²) in [5, 5.41) is 6.78.